The SMILES string of the molecule is COCc1ccc2c3ccncc3n(C(C)CN(C)C)c2c1. The Morgan fingerprint density at radius 2 is 1.95 bits per heavy atom. The first-order chi connectivity index (χ1) is 10.6. The average Bonchev–Trinajstić information content (AvgIpc) is 2.80. The highest BCUT2D eigenvalue weighted by atomic mass is 16.5. The number of nitrogens with zero attached hydrogens (tertiary/aromatic N) is 3. The van der Waals surface area contributed by atoms with E-state index in [9.17, 15) is 0 Å². The fourth-order valence-electron chi connectivity index (χ4n) is 3.28. The van der Waals surface area contributed by atoms with Gasteiger partial charge in [0.15, 0.2) is 0 Å². The fraction of sp³-hybridized carbons (Fsp3) is 0.389. The van der Waals surface area contributed by atoms with Gasteiger partial charge in [-0.1, -0.05) is 12.1 Å². The first-order valence-corrected chi connectivity index (χ1v) is 7.62. The molecule has 1 unspecified atom stereocenters. The molecule has 1 atom stereocenters. The lowest BCUT2D eigenvalue weighted by Gasteiger charge is -2.21. The number of likely N-dealkylation sites (N-methyl/N-ethyl adjacent to an activating group) is 1. The number of ether oxygens (including phenoxy) is 1. The number of hydrogen-bond donors (Lipinski definition) is 0. The van der Waals surface area contributed by atoms with Gasteiger partial charge in [0, 0.05) is 42.2 Å². The quantitative estimate of drug-likeness (QED) is 0.722. The molecule has 0 saturated heterocycles. The molecule has 3 aromatic rings. The minimum absolute atomic E-state index is 0.372. The van der Waals surface area contributed by atoms with E-state index in [2.05, 4.69) is 59.7 Å². The first kappa shape index (κ1) is 15.0. The molecule has 3 rings (SSSR count). The molecule has 0 spiro atoms. The molecule has 0 radical (unpaired) electrons. The fourth-order valence-corrected chi connectivity index (χ4v) is 3.28. The predicted molar refractivity (Wildman–Crippen MR) is 91.2 cm³/mol. The van der Waals surface area contributed by atoms with Crippen molar-refractivity contribution in [3.63, 3.8) is 0 Å². The van der Waals surface area contributed by atoms with Crippen LogP contribution in [0.2, 0.25) is 0 Å². The molecule has 2 heterocycles. The minimum atomic E-state index is 0.372. The number of aromatic nitrogens is 2. The molecular formula is C18H23N3O. The van der Waals surface area contributed by atoms with Crippen LogP contribution in [0, 0.1) is 0 Å². The van der Waals surface area contributed by atoms with E-state index < -0.39 is 0 Å². The Hall–Kier alpha value is -1.91. The Morgan fingerprint density at radius 1 is 1.18 bits per heavy atom. The van der Waals surface area contributed by atoms with Crippen molar-refractivity contribution >= 4 is 21.8 Å². The predicted octanol–water partition coefficient (Wildman–Crippen LogP) is 3.46. The monoisotopic (exact) mass is 297 g/mol. The summed E-state index contributed by atoms with van der Waals surface area (Å²) in [6, 6.07) is 9.06. The second-order valence-corrected chi connectivity index (χ2v) is 6.16. The van der Waals surface area contributed by atoms with Crippen molar-refractivity contribution in [3.05, 3.63) is 42.2 Å². The molecule has 0 fully saturated rings. The average molecular weight is 297 g/mol. The van der Waals surface area contributed by atoms with Crippen LogP contribution in [0.4, 0.5) is 0 Å². The standard InChI is InChI=1S/C18H23N3O/c1-13(11-20(2)3)21-17-9-14(12-22-4)5-6-15(17)16-7-8-19-10-18(16)21/h5-10,13H,11-12H2,1-4H3. The number of methoxy groups -OCH3 is 1. The number of hydrogen-bond acceptors (Lipinski definition) is 3. The van der Waals surface area contributed by atoms with Gasteiger partial charge in [0.25, 0.3) is 0 Å². The van der Waals surface area contributed by atoms with E-state index in [0.717, 1.165) is 6.54 Å². The number of fused-ring (bicyclic) bond motifs is 3. The topological polar surface area (TPSA) is 30.3 Å². The van der Waals surface area contributed by atoms with E-state index in [1.54, 1.807) is 7.11 Å². The molecular weight excluding hydrogens is 274 g/mol. The Bertz CT molecular complexity index is 791. The Kier molecular flexibility index (Phi) is 4.14. The van der Waals surface area contributed by atoms with Gasteiger partial charge in [-0.25, -0.2) is 0 Å². The zero-order chi connectivity index (χ0) is 15.7. The molecule has 22 heavy (non-hydrogen) atoms. The molecule has 0 saturated carbocycles. The normalized spacial score (nSPS) is 13.3. The first-order valence-electron chi connectivity index (χ1n) is 7.62. The summed E-state index contributed by atoms with van der Waals surface area (Å²) >= 11 is 0. The number of rotatable bonds is 5. The molecule has 0 N–H and O–H groups in total. The molecule has 4 nitrogen and oxygen atoms in total. The summed E-state index contributed by atoms with van der Waals surface area (Å²) in [4.78, 5) is 6.55. The van der Waals surface area contributed by atoms with Gasteiger partial charge < -0.3 is 14.2 Å². The van der Waals surface area contributed by atoms with Crippen molar-refractivity contribution < 1.29 is 4.74 Å². The highest BCUT2D eigenvalue weighted by Crippen LogP contribution is 2.32. The van der Waals surface area contributed by atoms with Crippen LogP contribution in [0.25, 0.3) is 21.8 Å². The molecule has 4 heteroatoms. The summed E-state index contributed by atoms with van der Waals surface area (Å²) < 4.78 is 7.69. The maximum absolute atomic E-state index is 5.29. The van der Waals surface area contributed by atoms with Gasteiger partial charge in [-0.15, -0.1) is 0 Å². The van der Waals surface area contributed by atoms with Gasteiger partial charge in [-0.05, 0) is 38.7 Å². The summed E-state index contributed by atoms with van der Waals surface area (Å²) in [5.74, 6) is 0. The largest absolute Gasteiger partial charge is 0.380 e. The lowest BCUT2D eigenvalue weighted by atomic mass is 10.1. The third-order valence-electron chi connectivity index (χ3n) is 4.05. The van der Waals surface area contributed by atoms with Crippen LogP contribution in [-0.4, -0.2) is 42.2 Å². The van der Waals surface area contributed by atoms with E-state index >= 15 is 0 Å². The highest BCUT2D eigenvalue weighted by Gasteiger charge is 2.16. The van der Waals surface area contributed by atoms with Crippen LogP contribution in [0.15, 0.2) is 36.7 Å². The molecule has 0 aliphatic heterocycles. The molecule has 0 aliphatic rings. The third kappa shape index (κ3) is 2.60. The van der Waals surface area contributed by atoms with E-state index in [1.807, 2.05) is 12.4 Å². The van der Waals surface area contributed by atoms with Crippen molar-refractivity contribution in [1.82, 2.24) is 14.5 Å². The van der Waals surface area contributed by atoms with Gasteiger partial charge in [0.05, 0.1) is 18.3 Å². The Morgan fingerprint density at radius 3 is 2.68 bits per heavy atom. The van der Waals surface area contributed by atoms with E-state index in [0.29, 0.717) is 12.6 Å². The van der Waals surface area contributed by atoms with Crippen molar-refractivity contribution in [1.29, 1.82) is 0 Å². The van der Waals surface area contributed by atoms with Crippen LogP contribution >= 0.6 is 0 Å². The maximum atomic E-state index is 5.29. The van der Waals surface area contributed by atoms with Crippen LogP contribution in [0.3, 0.4) is 0 Å². The zero-order valence-corrected chi connectivity index (χ0v) is 13.7. The van der Waals surface area contributed by atoms with Gasteiger partial charge in [0.2, 0.25) is 0 Å². The summed E-state index contributed by atoms with van der Waals surface area (Å²) in [5.41, 5.74) is 3.65. The van der Waals surface area contributed by atoms with Crippen LogP contribution in [0.1, 0.15) is 18.5 Å². The van der Waals surface area contributed by atoms with E-state index in [1.165, 1.54) is 27.4 Å². The van der Waals surface area contributed by atoms with Crippen LogP contribution < -0.4 is 0 Å². The number of pyridine rings is 1. The number of benzene rings is 1. The van der Waals surface area contributed by atoms with E-state index in [-0.39, 0.29) is 0 Å². The van der Waals surface area contributed by atoms with Gasteiger partial charge in [-0.2, -0.15) is 0 Å². The van der Waals surface area contributed by atoms with Gasteiger partial charge in [-0.3, -0.25) is 4.98 Å². The highest BCUT2D eigenvalue weighted by molar-refractivity contribution is 6.08. The lowest BCUT2D eigenvalue weighted by Crippen LogP contribution is -2.22. The van der Waals surface area contributed by atoms with E-state index in [4.69, 9.17) is 4.74 Å². The minimum Gasteiger partial charge on any atom is -0.380 e. The summed E-state index contributed by atoms with van der Waals surface area (Å²) in [6.45, 7) is 3.88. The summed E-state index contributed by atoms with van der Waals surface area (Å²) in [7, 11) is 5.95. The molecule has 116 valence electrons. The van der Waals surface area contributed by atoms with Crippen molar-refractivity contribution in [2.45, 2.75) is 19.6 Å². The molecule has 0 amide bonds. The summed E-state index contributed by atoms with van der Waals surface area (Å²) in [5, 5.41) is 2.54. The van der Waals surface area contributed by atoms with Crippen molar-refractivity contribution in [3.8, 4) is 0 Å². The van der Waals surface area contributed by atoms with Gasteiger partial charge in [0.1, 0.15) is 0 Å². The molecule has 0 bridgehead atoms. The Balaban J connectivity index is 2.26. The molecule has 1 aromatic carbocycles. The summed E-state index contributed by atoms with van der Waals surface area (Å²) in [6.07, 6.45) is 3.84. The molecule has 0 aliphatic carbocycles. The van der Waals surface area contributed by atoms with Crippen molar-refractivity contribution in [2.75, 3.05) is 27.7 Å². The maximum Gasteiger partial charge on any atom is 0.0713 e. The van der Waals surface area contributed by atoms with Gasteiger partial charge >= 0.3 is 0 Å². The third-order valence-corrected chi connectivity index (χ3v) is 4.05. The zero-order valence-electron chi connectivity index (χ0n) is 13.7. The van der Waals surface area contributed by atoms with Crippen molar-refractivity contribution in [2.24, 2.45) is 0 Å². The van der Waals surface area contributed by atoms with Crippen LogP contribution in [-0.2, 0) is 11.3 Å². The smallest absolute Gasteiger partial charge is 0.0713 e. The van der Waals surface area contributed by atoms with Crippen LogP contribution in [0.5, 0.6) is 0 Å². The Labute approximate surface area is 131 Å². The second-order valence-electron chi connectivity index (χ2n) is 6.16. The second kappa shape index (κ2) is 6.07. The lowest BCUT2D eigenvalue weighted by molar-refractivity contribution is 0.185. The molecule has 2 aromatic heterocycles.